The van der Waals surface area contributed by atoms with Gasteiger partial charge in [-0.15, -0.1) is 11.6 Å². The molecule has 0 saturated carbocycles. The molecular weight excluding hydrogens is 208 g/mol. The Bertz CT molecular complexity index is 259. The van der Waals surface area contributed by atoms with Crippen molar-refractivity contribution in [1.29, 1.82) is 0 Å². The summed E-state index contributed by atoms with van der Waals surface area (Å²) in [5.74, 6) is 1.45. The fourth-order valence-corrected chi connectivity index (χ4v) is 3.78. The van der Waals surface area contributed by atoms with E-state index in [9.17, 15) is 8.42 Å². The largest absolute Gasteiger partial charge is 0.229 e. The lowest BCUT2D eigenvalue weighted by Crippen LogP contribution is -2.15. The molecule has 4 heteroatoms. The Balaban J connectivity index is 2.41. The van der Waals surface area contributed by atoms with Crippen molar-refractivity contribution in [3.8, 4) is 0 Å². The van der Waals surface area contributed by atoms with E-state index in [1.807, 2.05) is 0 Å². The summed E-state index contributed by atoms with van der Waals surface area (Å²) in [7, 11) is -2.73. The van der Waals surface area contributed by atoms with Crippen LogP contribution in [0.2, 0.25) is 0 Å². The molecule has 1 fully saturated rings. The van der Waals surface area contributed by atoms with E-state index >= 15 is 0 Å². The second kappa shape index (κ2) is 4.18. The molecule has 1 heterocycles. The summed E-state index contributed by atoms with van der Waals surface area (Å²) in [6.07, 6.45) is 1.65. The molecule has 0 N–H and O–H groups in total. The van der Waals surface area contributed by atoms with Crippen molar-refractivity contribution in [2.45, 2.75) is 32.1 Å². The van der Waals surface area contributed by atoms with Crippen LogP contribution in [-0.4, -0.2) is 25.3 Å². The minimum absolute atomic E-state index is 0.123. The summed E-state index contributed by atoms with van der Waals surface area (Å²) in [6, 6.07) is 0. The molecule has 0 spiro atoms. The average Bonchev–Trinajstić information content (AvgIpc) is 2.30. The zero-order chi connectivity index (χ0) is 10.1. The first-order valence-electron chi connectivity index (χ1n) is 4.75. The lowest BCUT2D eigenvalue weighted by molar-refractivity contribution is 0.463. The molecule has 1 aliphatic heterocycles. The molecular formula is C9H17ClO2S. The van der Waals surface area contributed by atoms with Gasteiger partial charge in [-0.2, -0.15) is 0 Å². The predicted octanol–water partition coefficient (Wildman–Crippen LogP) is 2.07. The highest BCUT2D eigenvalue weighted by atomic mass is 35.5. The van der Waals surface area contributed by atoms with E-state index in [-0.39, 0.29) is 5.38 Å². The Morgan fingerprint density at radius 2 is 2.08 bits per heavy atom. The highest BCUT2D eigenvalue weighted by Gasteiger charge is 2.29. The van der Waals surface area contributed by atoms with Crippen molar-refractivity contribution in [2.75, 3.05) is 11.5 Å². The normalized spacial score (nSPS) is 29.4. The van der Waals surface area contributed by atoms with Crippen molar-refractivity contribution >= 4 is 21.4 Å². The molecule has 0 bridgehead atoms. The lowest BCUT2D eigenvalue weighted by Gasteiger charge is -2.16. The summed E-state index contributed by atoms with van der Waals surface area (Å²) < 4.78 is 22.3. The molecule has 0 aromatic rings. The number of halogens is 1. The average molecular weight is 225 g/mol. The molecule has 0 amide bonds. The van der Waals surface area contributed by atoms with Crippen LogP contribution in [0, 0.1) is 11.8 Å². The Labute approximate surface area is 85.6 Å². The van der Waals surface area contributed by atoms with Gasteiger partial charge >= 0.3 is 0 Å². The first kappa shape index (κ1) is 11.3. The van der Waals surface area contributed by atoms with Crippen molar-refractivity contribution in [3.05, 3.63) is 0 Å². The highest BCUT2D eigenvalue weighted by molar-refractivity contribution is 7.91. The third kappa shape index (κ3) is 3.47. The van der Waals surface area contributed by atoms with Crippen molar-refractivity contribution in [2.24, 2.45) is 11.8 Å². The molecule has 0 aliphatic carbocycles. The maximum atomic E-state index is 11.1. The highest BCUT2D eigenvalue weighted by Crippen LogP contribution is 2.27. The van der Waals surface area contributed by atoms with Crippen molar-refractivity contribution in [3.63, 3.8) is 0 Å². The van der Waals surface area contributed by atoms with Crippen molar-refractivity contribution in [1.82, 2.24) is 0 Å². The Morgan fingerprint density at radius 3 is 2.46 bits per heavy atom. The second-order valence-electron chi connectivity index (χ2n) is 4.26. The Kier molecular flexibility index (Phi) is 3.64. The smallest absolute Gasteiger partial charge is 0.150 e. The van der Waals surface area contributed by atoms with Gasteiger partial charge in [0.15, 0.2) is 9.84 Å². The topological polar surface area (TPSA) is 34.1 Å². The van der Waals surface area contributed by atoms with Crippen LogP contribution in [0.15, 0.2) is 0 Å². The first-order valence-corrected chi connectivity index (χ1v) is 7.01. The number of rotatable bonds is 3. The minimum Gasteiger partial charge on any atom is -0.229 e. The minimum atomic E-state index is -2.73. The molecule has 0 aromatic carbocycles. The SMILES string of the molecule is CC(C)C(Cl)CC1CCS(=O)(=O)C1. The van der Waals surface area contributed by atoms with Crippen LogP contribution in [0.4, 0.5) is 0 Å². The molecule has 2 unspecified atom stereocenters. The molecule has 2 atom stereocenters. The monoisotopic (exact) mass is 224 g/mol. The maximum absolute atomic E-state index is 11.1. The van der Waals surface area contributed by atoms with Gasteiger partial charge in [-0.25, -0.2) is 8.42 Å². The van der Waals surface area contributed by atoms with E-state index in [2.05, 4.69) is 13.8 Å². The van der Waals surface area contributed by atoms with Gasteiger partial charge in [0.2, 0.25) is 0 Å². The molecule has 0 radical (unpaired) electrons. The lowest BCUT2D eigenvalue weighted by atomic mass is 9.97. The van der Waals surface area contributed by atoms with E-state index in [0.29, 0.717) is 23.3 Å². The standard InChI is InChI=1S/C9H17ClO2S/c1-7(2)9(10)5-8-3-4-13(11,12)6-8/h7-9H,3-6H2,1-2H3. The fraction of sp³-hybridized carbons (Fsp3) is 1.00. The molecule has 78 valence electrons. The van der Waals surface area contributed by atoms with Gasteiger partial charge in [0.05, 0.1) is 11.5 Å². The van der Waals surface area contributed by atoms with Crippen LogP contribution in [-0.2, 0) is 9.84 Å². The Hall–Kier alpha value is 0.240. The van der Waals surface area contributed by atoms with Gasteiger partial charge in [-0.05, 0) is 24.7 Å². The summed E-state index contributed by atoms with van der Waals surface area (Å²) in [5.41, 5.74) is 0. The van der Waals surface area contributed by atoms with E-state index in [4.69, 9.17) is 11.6 Å². The quantitative estimate of drug-likeness (QED) is 0.688. The number of sulfone groups is 1. The maximum Gasteiger partial charge on any atom is 0.150 e. The van der Waals surface area contributed by atoms with Crippen LogP contribution >= 0.6 is 11.6 Å². The van der Waals surface area contributed by atoms with Crippen LogP contribution in [0.5, 0.6) is 0 Å². The van der Waals surface area contributed by atoms with E-state index in [0.717, 1.165) is 12.8 Å². The summed E-state index contributed by atoms with van der Waals surface area (Å²) in [6.45, 7) is 4.14. The van der Waals surface area contributed by atoms with Gasteiger partial charge in [0, 0.05) is 5.38 Å². The molecule has 1 rings (SSSR count). The van der Waals surface area contributed by atoms with Crippen LogP contribution in [0.25, 0.3) is 0 Å². The number of alkyl halides is 1. The van der Waals surface area contributed by atoms with Gasteiger partial charge in [-0.3, -0.25) is 0 Å². The van der Waals surface area contributed by atoms with Gasteiger partial charge < -0.3 is 0 Å². The number of hydrogen-bond donors (Lipinski definition) is 0. The van der Waals surface area contributed by atoms with Gasteiger partial charge in [0.25, 0.3) is 0 Å². The predicted molar refractivity (Wildman–Crippen MR) is 55.9 cm³/mol. The van der Waals surface area contributed by atoms with E-state index in [1.165, 1.54) is 0 Å². The Morgan fingerprint density at radius 1 is 1.46 bits per heavy atom. The molecule has 13 heavy (non-hydrogen) atoms. The van der Waals surface area contributed by atoms with Crippen LogP contribution in [0.3, 0.4) is 0 Å². The third-order valence-electron chi connectivity index (χ3n) is 2.61. The summed E-state index contributed by atoms with van der Waals surface area (Å²) in [5, 5.41) is 0.123. The third-order valence-corrected chi connectivity index (χ3v) is 5.13. The molecule has 0 aromatic heterocycles. The molecule has 1 saturated heterocycles. The summed E-state index contributed by atoms with van der Waals surface area (Å²) >= 11 is 6.09. The van der Waals surface area contributed by atoms with Crippen molar-refractivity contribution < 1.29 is 8.42 Å². The molecule has 1 aliphatic rings. The first-order chi connectivity index (χ1) is 5.91. The molecule has 2 nitrogen and oxygen atoms in total. The van der Waals surface area contributed by atoms with E-state index < -0.39 is 9.84 Å². The van der Waals surface area contributed by atoms with E-state index in [1.54, 1.807) is 0 Å². The fourth-order valence-electron chi connectivity index (χ4n) is 1.65. The van der Waals surface area contributed by atoms with Crippen LogP contribution in [0.1, 0.15) is 26.7 Å². The van der Waals surface area contributed by atoms with Gasteiger partial charge in [0.1, 0.15) is 0 Å². The zero-order valence-corrected chi connectivity index (χ0v) is 9.74. The second-order valence-corrected chi connectivity index (χ2v) is 7.05. The van der Waals surface area contributed by atoms with Crippen LogP contribution < -0.4 is 0 Å². The number of hydrogen-bond acceptors (Lipinski definition) is 2. The van der Waals surface area contributed by atoms with Gasteiger partial charge in [-0.1, -0.05) is 13.8 Å². The zero-order valence-electron chi connectivity index (χ0n) is 8.16. The summed E-state index contributed by atoms with van der Waals surface area (Å²) in [4.78, 5) is 0.